The first-order chi connectivity index (χ1) is 12.9. The van der Waals surface area contributed by atoms with Gasteiger partial charge < -0.3 is 0 Å². The number of allylic oxidation sites excluding steroid dienone is 6. The predicted molar refractivity (Wildman–Crippen MR) is 117 cm³/mol. The van der Waals surface area contributed by atoms with Gasteiger partial charge in [-0.3, -0.25) is 0 Å². The Labute approximate surface area is 168 Å². The summed E-state index contributed by atoms with van der Waals surface area (Å²) in [6, 6.07) is 0. The highest BCUT2D eigenvalue weighted by molar-refractivity contribution is 5.39. The van der Waals surface area contributed by atoms with Gasteiger partial charge >= 0.3 is 0 Å². The molecule has 150 valence electrons. The van der Waals surface area contributed by atoms with Crippen LogP contribution in [0.25, 0.3) is 0 Å². The van der Waals surface area contributed by atoms with E-state index in [-0.39, 0.29) is 0 Å². The Kier molecular flexibility index (Phi) is 5.23. The molecule has 0 nitrogen and oxygen atoms in total. The molecular formula is C27H42. The third kappa shape index (κ3) is 3.20. The van der Waals surface area contributed by atoms with E-state index in [1.807, 2.05) is 0 Å². The van der Waals surface area contributed by atoms with Crippen LogP contribution in [0.15, 0.2) is 36.0 Å². The molecule has 0 radical (unpaired) electrons. The maximum absolute atomic E-state index is 2.69. The number of hydrogen-bond donors (Lipinski definition) is 0. The summed E-state index contributed by atoms with van der Waals surface area (Å²) in [6.45, 7) is 12.6. The first kappa shape index (κ1) is 19.5. The van der Waals surface area contributed by atoms with E-state index in [4.69, 9.17) is 0 Å². The monoisotopic (exact) mass is 366 g/mol. The van der Waals surface area contributed by atoms with Gasteiger partial charge in [0.05, 0.1) is 0 Å². The van der Waals surface area contributed by atoms with Crippen LogP contribution in [-0.2, 0) is 0 Å². The summed E-state index contributed by atoms with van der Waals surface area (Å²) in [6.07, 6.45) is 23.7. The topological polar surface area (TPSA) is 0 Å². The molecule has 4 aliphatic carbocycles. The van der Waals surface area contributed by atoms with Crippen LogP contribution in [0.5, 0.6) is 0 Å². The maximum Gasteiger partial charge on any atom is -0.000690 e. The van der Waals surface area contributed by atoms with Crippen molar-refractivity contribution in [3.8, 4) is 0 Å². The van der Waals surface area contributed by atoms with Crippen molar-refractivity contribution in [1.82, 2.24) is 0 Å². The summed E-state index contributed by atoms with van der Waals surface area (Å²) in [5, 5.41) is 0. The third-order valence-electron chi connectivity index (χ3n) is 9.46. The highest BCUT2D eigenvalue weighted by Crippen LogP contribution is 2.66. The number of fused-ring (bicyclic) bond motifs is 5. The summed E-state index contributed by atoms with van der Waals surface area (Å²) in [5.41, 5.74) is 2.59. The van der Waals surface area contributed by atoms with Gasteiger partial charge in [-0.15, -0.1) is 0 Å². The van der Waals surface area contributed by atoms with Crippen molar-refractivity contribution in [2.75, 3.05) is 0 Å². The van der Waals surface area contributed by atoms with Crippen LogP contribution in [0.2, 0.25) is 0 Å². The van der Waals surface area contributed by atoms with Crippen LogP contribution in [0.3, 0.4) is 0 Å². The molecule has 0 aromatic heterocycles. The van der Waals surface area contributed by atoms with E-state index < -0.39 is 0 Å². The fourth-order valence-corrected chi connectivity index (χ4v) is 7.85. The lowest BCUT2D eigenvalue weighted by Crippen LogP contribution is -2.48. The normalized spacial score (nSPS) is 43.9. The van der Waals surface area contributed by atoms with Crippen LogP contribution in [0.1, 0.15) is 86.0 Å². The molecule has 2 saturated carbocycles. The predicted octanol–water partition coefficient (Wildman–Crippen LogP) is 7.97. The second-order valence-corrected chi connectivity index (χ2v) is 11.4. The average Bonchev–Trinajstić information content (AvgIpc) is 2.98. The molecule has 0 unspecified atom stereocenters. The zero-order valence-electron chi connectivity index (χ0n) is 18.5. The zero-order chi connectivity index (χ0) is 19.2. The van der Waals surface area contributed by atoms with Crippen molar-refractivity contribution in [3.05, 3.63) is 36.0 Å². The third-order valence-corrected chi connectivity index (χ3v) is 9.46. The molecule has 0 amide bonds. The molecule has 0 aliphatic heterocycles. The minimum absolute atomic E-state index is 0.399. The molecule has 7 atom stereocenters. The van der Waals surface area contributed by atoms with Gasteiger partial charge in [-0.2, -0.15) is 0 Å². The van der Waals surface area contributed by atoms with Crippen LogP contribution in [-0.4, -0.2) is 0 Å². The molecule has 2 fully saturated rings. The van der Waals surface area contributed by atoms with E-state index in [1.54, 1.807) is 5.57 Å². The van der Waals surface area contributed by atoms with Crippen LogP contribution >= 0.6 is 0 Å². The minimum Gasteiger partial charge on any atom is -0.0836 e. The first-order valence-electron chi connectivity index (χ1n) is 11.9. The van der Waals surface area contributed by atoms with E-state index >= 15 is 0 Å². The van der Waals surface area contributed by atoms with E-state index in [1.165, 1.54) is 51.4 Å². The highest BCUT2D eigenvalue weighted by atomic mass is 14.6. The fourth-order valence-electron chi connectivity index (χ4n) is 7.85. The van der Waals surface area contributed by atoms with Crippen molar-refractivity contribution in [3.63, 3.8) is 0 Å². The quantitative estimate of drug-likeness (QED) is 0.463. The summed E-state index contributed by atoms with van der Waals surface area (Å²) < 4.78 is 0. The molecule has 0 aromatic carbocycles. The smallest absolute Gasteiger partial charge is 0.000690 e. The molecule has 4 aliphatic rings. The second-order valence-electron chi connectivity index (χ2n) is 11.4. The van der Waals surface area contributed by atoms with Crippen LogP contribution < -0.4 is 0 Å². The molecule has 27 heavy (non-hydrogen) atoms. The molecule has 0 bridgehead atoms. The number of hydrogen-bond acceptors (Lipinski definition) is 0. The van der Waals surface area contributed by atoms with Gasteiger partial charge in [0.2, 0.25) is 0 Å². The molecule has 0 heteroatoms. The van der Waals surface area contributed by atoms with Gasteiger partial charge in [0.1, 0.15) is 0 Å². The van der Waals surface area contributed by atoms with Gasteiger partial charge in [-0.1, -0.05) is 84.3 Å². The van der Waals surface area contributed by atoms with E-state index in [2.05, 4.69) is 65.0 Å². The van der Waals surface area contributed by atoms with Gasteiger partial charge in [0.25, 0.3) is 0 Å². The van der Waals surface area contributed by atoms with Gasteiger partial charge in [-0.25, -0.2) is 0 Å². The van der Waals surface area contributed by atoms with Gasteiger partial charge in [0, 0.05) is 0 Å². The number of rotatable bonds is 5. The lowest BCUT2D eigenvalue weighted by Gasteiger charge is -2.56. The summed E-state index contributed by atoms with van der Waals surface area (Å²) in [4.78, 5) is 0. The fraction of sp³-hybridized carbons (Fsp3) is 0.778. The van der Waals surface area contributed by atoms with E-state index in [0.29, 0.717) is 10.8 Å². The lowest BCUT2D eigenvalue weighted by molar-refractivity contribution is -0.0222. The van der Waals surface area contributed by atoms with E-state index in [0.717, 1.165) is 35.5 Å². The minimum atomic E-state index is 0.399. The molecule has 0 saturated heterocycles. The SMILES string of the molecule is CC(C)CCC[C@@H](C)[C@H]1CC[C@H]2[C@@H]3C=CC4=CC=CC[C@]4(C)[C@@H]3CC[C@]12C. The summed E-state index contributed by atoms with van der Waals surface area (Å²) in [5.74, 6) is 5.34. The van der Waals surface area contributed by atoms with Crippen molar-refractivity contribution >= 4 is 0 Å². The second kappa shape index (κ2) is 7.23. The van der Waals surface area contributed by atoms with Crippen LogP contribution in [0, 0.1) is 46.3 Å². The van der Waals surface area contributed by atoms with Crippen molar-refractivity contribution in [2.45, 2.75) is 86.0 Å². The van der Waals surface area contributed by atoms with E-state index in [9.17, 15) is 0 Å². The molecule has 0 heterocycles. The Bertz CT molecular complexity index is 634. The van der Waals surface area contributed by atoms with Gasteiger partial charge in [0.15, 0.2) is 0 Å². The molecule has 0 aromatic rings. The summed E-state index contributed by atoms with van der Waals surface area (Å²) >= 11 is 0. The van der Waals surface area contributed by atoms with Crippen molar-refractivity contribution < 1.29 is 0 Å². The highest BCUT2D eigenvalue weighted by Gasteiger charge is 2.57. The molecule has 0 spiro atoms. The largest absolute Gasteiger partial charge is 0.0836 e. The Morgan fingerprint density at radius 2 is 1.85 bits per heavy atom. The first-order valence-corrected chi connectivity index (χ1v) is 11.9. The Hall–Kier alpha value is -0.780. The molecule has 4 rings (SSSR count). The van der Waals surface area contributed by atoms with Gasteiger partial charge in [-0.05, 0) is 84.0 Å². The van der Waals surface area contributed by atoms with Crippen molar-refractivity contribution in [2.24, 2.45) is 46.3 Å². The standard InChI is InChI=1S/C27H42/c1-19(2)9-8-10-20(3)23-14-15-24-22-13-12-21-11-6-7-17-26(21,4)25(22)16-18-27(23,24)5/h6-7,11-13,19-20,22-25H,8-10,14-18H2,1-5H3/t20-,22+,23-,24+,25-,26+,27-/m1/s1. The van der Waals surface area contributed by atoms with Crippen LogP contribution in [0.4, 0.5) is 0 Å². The Morgan fingerprint density at radius 1 is 1.04 bits per heavy atom. The van der Waals surface area contributed by atoms with Crippen molar-refractivity contribution in [1.29, 1.82) is 0 Å². The molecule has 0 N–H and O–H groups in total. The average molecular weight is 367 g/mol. The maximum atomic E-state index is 2.69. The lowest BCUT2D eigenvalue weighted by atomic mass is 9.48. The Balaban J connectivity index is 1.51. The molecular weight excluding hydrogens is 324 g/mol. The zero-order valence-corrected chi connectivity index (χ0v) is 18.5. The summed E-state index contributed by atoms with van der Waals surface area (Å²) in [7, 11) is 0. The Morgan fingerprint density at radius 3 is 2.63 bits per heavy atom.